The highest BCUT2D eigenvalue weighted by Gasteiger charge is 2.33. The van der Waals surface area contributed by atoms with Crippen molar-refractivity contribution >= 4 is 23.6 Å². The molecule has 1 aliphatic heterocycles. The molecule has 1 atom stereocenters. The maximum atomic E-state index is 13.6. The molecule has 0 bridgehead atoms. The number of aliphatic carboxylic acids is 1. The van der Waals surface area contributed by atoms with E-state index >= 15 is 0 Å². The highest BCUT2D eigenvalue weighted by Crippen LogP contribution is 2.19. The van der Waals surface area contributed by atoms with Gasteiger partial charge in [-0.3, -0.25) is 0 Å². The molecule has 108 valence electrons. The molecule has 0 spiro atoms. The van der Waals surface area contributed by atoms with Crippen LogP contribution in [0.4, 0.5) is 9.18 Å². The summed E-state index contributed by atoms with van der Waals surface area (Å²) in [5.74, 6) is -1.60. The SMILES string of the molecule is O=C(O)C1CCCN1C(=O)NCc1cccc(Cl)c1F. The van der Waals surface area contributed by atoms with E-state index in [0.717, 1.165) is 0 Å². The van der Waals surface area contributed by atoms with E-state index in [-0.39, 0.29) is 17.1 Å². The standard InChI is InChI=1S/C13H14ClFN2O3/c14-9-4-1-3-8(11(9)15)7-16-13(20)17-6-2-5-10(17)12(18)19/h1,3-4,10H,2,5-7H2,(H,16,20)(H,18,19). The number of carboxylic acids is 1. The fourth-order valence-electron chi connectivity index (χ4n) is 2.22. The molecule has 0 saturated carbocycles. The molecule has 0 aromatic heterocycles. The fourth-order valence-corrected chi connectivity index (χ4v) is 2.42. The second-order valence-corrected chi connectivity index (χ2v) is 4.97. The molecule has 7 heteroatoms. The lowest BCUT2D eigenvalue weighted by Crippen LogP contribution is -2.45. The lowest BCUT2D eigenvalue weighted by atomic mass is 10.2. The Kier molecular flexibility index (Phi) is 4.44. The second-order valence-electron chi connectivity index (χ2n) is 4.56. The Balaban J connectivity index is 1.98. The normalized spacial score (nSPS) is 18.1. The van der Waals surface area contributed by atoms with Gasteiger partial charge in [0.1, 0.15) is 11.9 Å². The number of amides is 2. The Bertz CT molecular complexity index is 538. The van der Waals surface area contributed by atoms with Crippen LogP contribution in [0.2, 0.25) is 5.02 Å². The maximum absolute atomic E-state index is 13.6. The molecule has 0 radical (unpaired) electrons. The van der Waals surface area contributed by atoms with Crippen molar-refractivity contribution in [1.29, 1.82) is 0 Å². The van der Waals surface area contributed by atoms with E-state index in [1.165, 1.54) is 17.0 Å². The number of nitrogens with one attached hydrogen (secondary N) is 1. The van der Waals surface area contributed by atoms with Crippen molar-refractivity contribution in [1.82, 2.24) is 10.2 Å². The number of halogens is 2. The van der Waals surface area contributed by atoms with Crippen LogP contribution in [0, 0.1) is 5.82 Å². The molecule has 1 aromatic carbocycles. The average Bonchev–Trinajstić information content (AvgIpc) is 2.89. The maximum Gasteiger partial charge on any atom is 0.326 e. The van der Waals surface area contributed by atoms with E-state index in [4.69, 9.17) is 16.7 Å². The van der Waals surface area contributed by atoms with Crippen LogP contribution in [0.25, 0.3) is 0 Å². The Morgan fingerprint density at radius 2 is 2.25 bits per heavy atom. The monoisotopic (exact) mass is 300 g/mol. The third-order valence-electron chi connectivity index (χ3n) is 3.26. The van der Waals surface area contributed by atoms with Gasteiger partial charge in [0.2, 0.25) is 0 Å². The van der Waals surface area contributed by atoms with Crippen molar-refractivity contribution in [3.8, 4) is 0 Å². The third kappa shape index (κ3) is 3.01. The van der Waals surface area contributed by atoms with Crippen molar-refractivity contribution in [2.75, 3.05) is 6.54 Å². The number of nitrogens with zero attached hydrogens (tertiary/aromatic N) is 1. The number of carboxylic acid groups (broad SMARTS) is 1. The van der Waals surface area contributed by atoms with Crippen molar-refractivity contribution in [3.05, 3.63) is 34.6 Å². The van der Waals surface area contributed by atoms with Crippen molar-refractivity contribution in [3.63, 3.8) is 0 Å². The van der Waals surface area contributed by atoms with Gasteiger partial charge < -0.3 is 15.3 Å². The molecule has 20 heavy (non-hydrogen) atoms. The van der Waals surface area contributed by atoms with Crippen molar-refractivity contribution < 1.29 is 19.1 Å². The van der Waals surface area contributed by atoms with E-state index < -0.39 is 23.9 Å². The quantitative estimate of drug-likeness (QED) is 0.899. The van der Waals surface area contributed by atoms with Gasteiger partial charge >= 0.3 is 12.0 Å². The van der Waals surface area contributed by atoms with E-state index in [9.17, 15) is 14.0 Å². The topological polar surface area (TPSA) is 69.6 Å². The van der Waals surface area contributed by atoms with E-state index in [1.54, 1.807) is 6.07 Å². The van der Waals surface area contributed by atoms with E-state index in [1.807, 2.05) is 0 Å². The molecule has 2 amide bonds. The van der Waals surface area contributed by atoms with E-state index in [2.05, 4.69) is 5.32 Å². The zero-order chi connectivity index (χ0) is 14.7. The Labute approximate surface area is 120 Å². The summed E-state index contributed by atoms with van der Waals surface area (Å²) in [4.78, 5) is 24.2. The fraction of sp³-hybridized carbons (Fsp3) is 0.385. The molecule has 1 heterocycles. The molecule has 1 unspecified atom stereocenters. The number of hydrogen-bond acceptors (Lipinski definition) is 2. The van der Waals surface area contributed by atoms with Crippen LogP contribution < -0.4 is 5.32 Å². The minimum Gasteiger partial charge on any atom is -0.480 e. The van der Waals surface area contributed by atoms with Gasteiger partial charge in [-0.2, -0.15) is 0 Å². The summed E-state index contributed by atoms with van der Waals surface area (Å²) in [6.07, 6.45) is 1.09. The van der Waals surface area contributed by atoms with Gasteiger partial charge in [0.05, 0.1) is 5.02 Å². The van der Waals surface area contributed by atoms with Gasteiger partial charge in [-0.05, 0) is 18.9 Å². The van der Waals surface area contributed by atoms with Crippen LogP contribution in [0.3, 0.4) is 0 Å². The molecule has 1 saturated heterocycles. The Morgan fingerprint density at radius 1 is 1.50 bits per heavy atom. The van der Waals surface area contributed by atoms with Crippen LogP contribution in [-0.4, -0.2) is 34.6 Å². The molecule has 2 N–H and O–H groups in total. The number of hydrogen-bond donors (Lipinski definition) is 2. The van der Waals surface area contributed by atoms with Crippen LogP contribution in [0.15, 0.2) is 18.2 Å². The number of urea groups is 1. The average molecular weight is 301 g/mol. The zero-order valence-electron chi connectivity index (χ0n) is 10.6. The van der Waals surface area contributed by atoms with Crippen molar-refractivity contribution in [2.45, 2.75) is 25.4 Å². The van der Waals surface area contributed by atoms with Gasteiger partial charge in [0, 0.05) is 18.7 Å². The number of carbonyl (C=O) groups excluding carboxylic acids is 1. The van der Waals surface area contributed by atoms with Crippen LogP contribution >= 0.6 is 11.6 Å². The Hall–Kier alpha value is -1.82. The molecule has 1 aromatic rings. The summed E-state index contributed by atoms with van der Waals surface area (Å²) in [7, 11) is 0. The highest BCUT2D eigenvalue weighted by molar-refractivity contribution is 6.30. The highest BCUT2D eigenvalue weighted by atomic mass is 35.5. The van der Waals surface area contributed by atoms with Crippen molar-refractivity contribution in [2.24, 2.45) is 0 Å². The number of rotatable bonds is 3. The Morgan fingerprint density at radius 3 is 2.95 bits per heavy atom. The molecular weight excluding hydrogens is 287 g/mol. The predicted octanol–water partition coefficient (Wildman–Crippen LogP) is 2.24. The van der Waals surface area contributed by atoms with Gasteiger partial charge in [-0.1, -0.05) is 23.7 Å². The lowest BCUT2D eigenvalue weighted by Gasteiger charge is -2.21. The summed E-state index contributed by atoms with van der Waals surface area (Å²) in [6, 6.07) is 3.21. The molecule has 1 fully saturated rings. The van der Waals surface area contributed by atoms with E-state index in [0.29, 0.717) is 19.4 Å². The first-order valence-corrected chi connectivity index (χ1v) is 6.58. The third-order valence-corrected chi connectivity index (χ3v) is 3.55. The lowest BCUT2D eigenvalue weighted by molar-refractivity contribution is -0.141. The molecule has 1 aliphatic rings. The zero-order valence-corrected chi connectivity index (χ0v) is 11.4. The predicted molar refractivity (Wildman–Crippen MR) is 71.0 cm³/mol. The van der Waals surface area contributed by atoms with Gasteiger partial charge in [-0.15, -0.1) is 0 Å². The smallest absolute Gasteiger partial charge is 0.326 e. The summed E-state index contributed by atoms with van der Waals surface area (Å²) >= 11 is 5.65. The first kappa shape index (κ1) is 14.6. The summed E-state index contributed by atoms with van der Waals surface area (Å²) in [6.45, 7) is 0.356. The molecule has 0 aliphatic carbocycles. The minimum absolute atomic E-state index is 0.0127. The number of carbonyl (C=O) groups is 2. The first-order valence-electron chi connectivity index (χ1n) is 6.21. The first-order chi connectivity index (χ1) is 9.50. The van der Waals surface area contributed by atoms with Gasteiger partial charge in [-0.25, -0.2) is 14.0 Å². The minimum atomic E-state index is -1.02. The molecule has 5 nitrogen and oxygen atoms in total. The summed E-state index contributed by atoms with van der Waals surface area (Å²) in [5.41, 5.74) is 0.261. The largest absolute Gasteiger partial charge is 0.480 e. The second kappa shape index (κ2) is 6.09. The summed E-state index contributed by atoms with van der Waals surface area (Å²) in [5, 5.41) is 11.5. The number of benzene rings is 1. The molecular formula is C13H14ClFN2O3. The van der Waals surface area contributed by atoms with Gasteiger partial charge in [0.25, 0.3) is 0 Å². The molecule has 2 rings (SSSR count). The summed E-state index contributed by atoms with van der Waals surface area (Å²) < 4.78 is 13.6. The van der Waals surface area contributed by atoms with Gasteiger partial charge in [0.15, 0.2) is 0 Å². The number of likely N-dealkylation sites (tertiary alicyclic amines) is 1. The van der Waals surface area contributed by atoms with Crippen LogP contribution in [0.5, 0.6) is 0 Å². The van der Waals surface area contributed by atoms with Crippen LogP contribution in [0.1, 0.15) is 18.4 Å². The van der Waals surface area contributed by atoms with Crippen LogP contribution in [-0.2, 0) is 11.3 Å².